The summed E-state index contributed by atoms with van der Waals surface area (Å²) in [7, 11) is 1.29. The normalized spacial score (nSPS) is 15.8. The summed E-state index contributed by atoms with van der Waals surface area (Å²) in [4.78, 5) is 28.5. The van der Waals surface area contributed by atoms with E-state index in [9.17, 15) is 14.9 Å². The van der Waals surface area contributed by atoms with Gasteiger partial charge in [-0.2, -0.15) is 5.26 Å². The zero-order valence-corrected chi connectivity index (χ0v) is 21.1. The Morgan fingerprint density at radius 2 is 1.71 bits per heavy atom. The molecule has 172 valence electrons. The first kappa shape index (κ1) is 24.0. The highest BCUT2D eigenvalue weighted by Crippen LogP contribution is 2.37. The molecule has 1 aromatic heterocycles. The number of carbonyl (C=O) groups is 1. The lowest BCUT2D eigenvalue weighted by Crippen LogP contribution is -2.40. The third-order valence-corrected chi connectivity index (χ3v) is 8.13. The molecule has 1 unspecified atom stereocenters. The van der Waals surface area contributed by atoms with Gasteiger partial charge in [-0.25, -0.2) is 4.79 Å². The summed E-state index contributed by atoms with van der Waals surface area (Å²) in [6.45, 7) is 0. The Morgan fingerprint density at radius 1 is 1.12 bits per heavy atom. The maximum absolute atomic E-state index is 13.3. The topological polar surface area (TPSA) is 98.1 Å². The smallest absolute Gasteiger partial charge is 0.337 e. The highest BCUT2D eigenvalue weighted by Gasteiger charge is 2.36. The highest BCUT2D eigenvalue weighted by molar-refractivity contribution is 7.98. The van der Waals surface area contributed by atoms with Gasteiger partial charge in [0.15, 0.2) is 0 Å². The van der Waals surface area contributed by atoms with Gasteiger partial charge in [-0.05, 0) is 54.0 Å². The SMILES string of the molecule is COC(=O)C1=c2sc(=Cc3ccc(SC)cc3)c(=O)n2C(N)=C(C#N)C1c1ccc(SC)cc1. The number of methoxy groups -OCH3 is 1. The molecule has 1 aliphatic rings. The van der Waals surface area contributed by atoms with E-state index in [0.29, 0.717) is 9.20 Å². The van der Waals surface area contributed by atoms with Gasteiger partial charge >= 0.3 is 5.97 Å². The molecule has 0 bridgehead atoms. The minimum atomic E-state index is -0.736. The van der Waals surface area contributed by atoms with Gasteiger partial charge in [0.1, 0.15) is 10.5 Å². The average Bonchev–Trinajstić information content (AvgIpc) is 3.19. The van der Waals surface area contributed by atoms with Crippen LogP contribution < -0.4 is 20.5 Å². The summed E-state index contributed by atoms with van der Waals surface area (Å²) in [6, 6.07) is 17.5. The van der Waals surface area contributed by atoms with Gasteiger partial charge in [0.05, 0.1) is 34.8 Å². The van der Waals surface area contributed by atoms with E-state index >= 15 is 0 Å². The first-order chi connectivity index (χ1) is 16.4. The molecule has 0 fully saturated rings. The third-order valence-electron chi connectivity index (χ3n) is 5.54. The Balaban J connectivity index is 2.03. The molecule has 6 nitrogen and oxygen atoms in total. The van der Waals surface area contributed by atoms with Gasteiger partial charge in [0.2, 0.25) is 0 Å². The van der Waals surface area contributed by atoms with Crippen molar-refractivity contribution in [3.8, 4) is 6.07 Å². The van der Waals surface area contributed by atoms with Gasteiger partial charge in [-0.1, -0.05) is 24.3 Å². The summed E-state index contributed by atoms with van der Waals surface area (Å²) >= 11 is 4.39. The number of nitrogens with zero attached hydrogens (tertiary/aromatic N) is 2. The molecule has 0 saturated carbocycles. The number of nitrogens with two attached hydrogens (primary N) is 1. The van der Waals surface area contributed by atoms with Crippen LogP contribution in [0.25, 0.3) is 17.5 Å². The largest absolute Gasteiger partial charge is 0.466 e. The summed E-state index contributed by atoms with van der Waals surface area (Å²) in [5, 5.41) is 9.99. The predicted octanol–water partition coefficient (Wildman–Crippen LogP) is 2.95. The standard InChI is InChI=1S/C25H21N3O3S3/c1-31-25(30)21-20(15-6-10-17(33-3)11-7-15)18(13-26)22(27)28-23(29)19(34-24(21)28)12-14-4-8-16(32-2)9-5-14/h4-12,20H,27H2,1-3H3. The van der Waals surface area contributed by atoms with E-state index in [4.69, 9.17) is 10.5 Å². The van der Waals surface area contributed by atoms with E-state index in [1.54, 1.807) is 29.6 Å². The molecule has 0 aliphatic carbocycles. The van der Waals surface area contributed by atoms with E-state index in [-0.39, 0.29) is 22.5 Å². The van der Waals surface area contributed by atoms with Gasteiger partial charge in [-0.3, -0.25) is 9.36 Å². The Labute approximate surface area is 209 Å². The number of esters is 1. The summed E-state index contributed by atoms with van der Waals surface area (Å²) < 4.78 is 7.13. The van der Waals surface area contributed by atoms with E-state index in [1.165, 1.54) is 23.0 Å². The summed E-state index contributed by atoms with van der Waals surface area (Å²) in [5.74, 6) is -1.31. The fraction of sp³-hybridized carbons (Fsp3) is 0.160. The van der Waals surface area contributed by atoms with Crippen LogP contribution >= 0.6 is 34.9 Å². The summed E-state index contributed by atoms with van der Waals surface area (Å²) in [6.07, 6.45) is 5.73. The van der Waals surface area contributed by atoms with Crippen molar-refractivity contribution in [3.05, 3.63) is 84.8 Å². The van der Waals surface area contributed by atoms with Crippen LogP contribution in [0.2, 0.25) is 0 Å². The number of rotatable bonds is 5. The molecule has 9 heteroatoms. The van der Waals surface area contributed by atoms with Gasteiger partial charge in [0, 0.05) is 9.79 Å². The molecule has 0 spiro atoms. The van der Waals surface area contributed by atoms with Crippen LogP contribution in [0.1, 0.15) is 17.0 Å². The molecule has 1 atom stereocenters. The van der Waals surface area contributed by atoms with Crippen LogP contribution in [0.3, 0.4) is 0 Å². The maximum Gasteiger partial charge on any atom is 0.337 e. The number of aromatic nitrogens is 1. The fourth-order valence-corrected chi connectivity index (χ4v) is 5.82. The minimum absolute atomic E-state index is 0.0303. The van der Waals surface area contributed by atoms with E-state index in [2.05, 4.69) is 6.07 Å². The van der Waals surface area contributed by atoms with Crippen LogP contribution in [-0.2, 0) is 9.53 Å². The van der Waals surface area contributed by atoms with Crippen molar-refractivity contribution in [3.63, 3.8) is 0 Å². The van der Waals surface area contributed by atoms with Crippen LogP contribution in [-0.4, -0.2) is 30.2 Å². The van der Waals surface area contributed by atoms with Crippen LogP contribution in [0.4, 0.5) is 0 Å². The van der Waals surface area contributed by atoms with Crippen molar-refractivity contribution in [2.75, 3.05) is 19.6 Å². The molecule has 2 aromatic carbocycles. The lowest BCUT2D eigenvalue weighted by atomic mass is 9.84. The number of hydrogen-bond acceptors (Lipinski definition) is 8. The second kappa shape index (κ2) is 9.97. The average molecular weight is 508 g/mol. The Hall–Kier alpha value is -3.19. The van der Waals surface area contributed by atoms with Crippen LogP contribution in [0.15, 0.2) is 68.7 Å². The molecular weight excluding hydrogens is 486 g/mol. The Kier molecular flexibility index (Phi) is 7.03. The third kappa shape index (κ3) is 4.20. The van der Waals surface area contributed by atoms with Crippen molar-refractivity contribution in [2.24, 2.45) is 5.73 Å². The lowest BCUT2D eigenvalue weighted by Gasteiger charge is -2.24. The predicted molar refractivity (Wildman–Crippen MR) is 139 cm³/mol. The number of thioether (sulfide) groups is 2. The number of hydrogen-bond donors (Lipinski definition) is 1. The quantitative estimate of drug-likeness (QED) is 0.419. The number of nitriles is 1. The molecule has 1 aliphatic heterocycles. The van der Waals surface area contributed by atoms with Crippen LogP contribution in [0, 0.1) is 11.3 Å². The first-order valence-electron chi connectivity index (χ1n) is 10.2. The fourth-order valence-electron chi connectivity index (χ4n) is 3.84. The number of fused-ring (bicyclic) bond motifs is 1. The minimum Gasteiger partial charge on any atom is -0.466 e. The van der Waals surface area contributed by atoms with Crippen LogP contribution in [0.5, 0.6) is 0 Å². The first-order valence-corrected chi connectivity index (χ1v) is 13.4. The number of benzene rings is 2. The zero-order chi connectivity index (χ0) is 24.4. The monoisotopic (exact) mass is 507 g/mol. The molecule has 3 aromatic rings. The van der Waals surface area contributed by atoms with Crippen molar-refractivity contribution in [1.29, 1.82) is 5.26 Å². The molecule has 34 heavy (non-hydrogen) atoms. The summed E-state index contributed by atoms with van der Waals surface area (Å²) in [5.41, 5.74) is 7.94. The molecule has 0 amide bonds. The van der Waals surface area contributed by atoms with E-state index in [1.807, 2.05) is 61.0 Å². The van der Waals surface area contributed by atoms with Crippen molar-refractivity contribution >= 4 is 58.3 Å². The van der Waals surface area contributed by atoms with Gasteiger partial charge < -0.3 is 10.5 Å². The van der Waals surface area contributed by atoms with Gasteiger partial charge in [0.25, 0.3) is 5.56 Å². The number of ether oxygens (including phenoxy) is 1. The Bertz CT molecular complexity index is 1510. The molecule has 2 heterocycles. The van der Waals surface area contributed by atoms with E-state index < -0.39 is 11.9 Å². The van der Waals surface area contributed by atoms with Crippen molar-refractivity contribution in [2.45, 2.75) is 15.7 Å². The number of thiazole rings is 1. The van der Waals surface area contributed by atoms with Gasteiger partial charge in [-0.15, -0.1) is 34.9 Å². The zero-order valence-electron chi connectivity index (χ0n) is 18.7. The maximum atomic E-state index is 13.3. The number of carbonyl (C=O) groups excluding carboxylic acids is 1. The second-order valence-electron chi connectivity index (χ2n) is 7.35. The highest BCUT2D eigenvalue weighted by atomic mass is 32.2. The molecule has 4 rings (SSSR count). The lowest BCUT2D eigenvalue weighted by molar-refractivity contribution is -0.134. The molecule has 0 saturated heterocycles. The molecule has 2 N–H and O–H groups in total. The second-order valence-corrected chi connectivity index (χ2v) is 10.1. The molecule has 0 radical (unpaired) electrons. The van der Waals surface area contributed by atoms with E-state index in [0.717, 1.165) is 20.9 Å². The van der Waals surface area contributed by atoms with Crippen molar-refractivity contribution in [1.82, 2.24) is 4.57 Å². The molecular formula is C25H21N3O3S3. The van der Waals surface area contributed by atoms with Crippen molar-refractivity contribution < 1.29 is 9.53 Å². The Morgan fingerprint density at radius 3 is 2.24 bits per heavy atom. The number of allylic oxidation sites excluding steroid dienone is 1.